The number of hydrogen-bond acceptors (Lipinski definition) is 5. The van der Waals surface area contributed by atoms with Crippen molar-refractivity contribution in [3.63, 3.8) is 0 Å². The molecule has 7 nitrogen and oxygen atoms in total. The molecule has 1 aromatic carbocycles. The first-order valence-electron chi connectivity index (χ1n) is 8.77. The molecule has 1 aromatic rings. The topological polar surface area (TPSA) is 85.3 Å². The highest BCUT2D eigenvalue weighted by molar-refractivity contribution is 6.32. The van der Waals surface area contributed by atoms with Crippen LogP contribution in [0.3, 0.4) is 0 Å². The van der Waals surface area contributed by atoms with Crippen molar-refractivity contribution in [3.8, 4) is 11.5 Å². The van der Waals surface area contributed by atoms with Gasteiger partial charge in [0.05, 0.1) is 17.0 Å². The lowest BCUT2D eigenvalue weighted by atomic mass is 9.84. The summed E-state index contributed by atoms with van der Waals surface area (Å²) in [5.41, 5.74) is 0.471. The average molecular weight is 382 g/mol. The second kappa shape index (κ2) is 6.96. The number of piperidine rings is 1. The Kier molecular flexibility index (Phi) is 4.67. The number of amides is 1. The molecule has 0 spiro atoms. The lowest BCUT2D eigenvalue weighted by Gasteiger charge is -2.35. The van der Waals surface area contributed by atoms with E-state index in [2.05, 4.69) is 0 Å². The van der Waals surface area contributed by atoms with E-state index in [4.69, 9.17) is 25.8 Å². The number of carbonyl (C=O) groups excluding carboxylic acids is 1. The summed E-state index contributed by atoms with van der Waals surface area (Å²) in [5, 5.41) is 9.69. The van der Waals surface area contributed by atoms with Crippen LogP contribution in [0.4, 0.5) is 0 Å². The Morgan fingerprint density at radius 3 is 2.65 bits per heavy atom. The van der Waals surface area contributed by atoms with Gasteiger partial charge in [-0.3, -0.25) is 9.59 Å². The standard InChI is InChI=1S/C18H20ClNO6/c19-13-7-11(8-14-16(13)26-9-25-14)17(21)20-4-1-10(2-5-20)15-12(18(22)23)3-6-24-15/h7-8,10,12,15H,1-6,9H2,(H,22,23)/t12?,15-/m0/s1. The molecule has 4 rings (SSSR count). The predicted molar refractivity (Wildman–Crippen MR) is 91.7 cm³/mol. The van der Waals surface area contributed by atoms with E-state index in [-0.39, 0.29) is 24.7 Å². The lowest BCUT2D eigenvalue weighted by Crippen LogP contribution is -2.43. The summed E-state index contributed by atoms with van der Waals surface area (Å²) >= 11 is 6.16. The van der Waals surface area contributed by atoms with Gasteiger partial charge in [0.15, 0.2) is 11.5 Å². The van der Waals surface area contributed by atoms with E-state index in [1.165, 1.54) is 0 Å². The molecular weight excluding hydrogens is 362 g/mol. The number of ether oxygens (including phenoxy) is 3. The van der Waals surface area contributed by atoms with Gasteiger partial charge in [-0.1, -0.05) is 11.6 Å². The highest BCUT2D eigenvalue weighted by Crippen LogP contribution is 2.40. The van der Waals surface area contributed by atoms with Crippen LogP contribution in [-0.4, -0.2) is 54.5 Å². The van der Waals surface area contributed by atoms with Gasteiger partial charge in [0, 0.05) is 25.3 Å². The Balaban J connectivity index is 1.41. The number of nitrogens with zero attached hydrogens (tertiary/aromatic N) is 1. The first kappa shape index (κ1) is 17.4. The van der Waals surface area contributed by atoms with Crippen molar-refractivity contribution in [1.82, 2.24) is 4.90 Å². The van der Waals surface area contributed by atoms with E-state index in [1.807, 2.05) is 0 Å². The molecule has 2 saturated heterocycles. The SMILES string of the molecule is O=C(O)C1CCO[C@H]1C1CCN(C(=O)c2cc(Cl)c3c(c2)OCO3)CC1. The number of carboxylic acid groups (broad SMARTS) is 1. The highest BCUT2D eigenvalue weighted by atomic mass is 35.5. The Labute approximate surface area is 155 Å². The fraction of sp³-hybridized carbons (Fsp3) is 0.556. The molecular formula is C18H20ClNO6. The third kappa shape index (κ3) is 3.10. The number of carboxylic acids is 1. The molecule has 140 valence electrons. The number of halogens is 1. The van der Waals surface area contributed by atoms with Crippen molar-refractivity contribution >= 4 is 23.5 Å². The van der Waals surface area contributed by atoms with Gasteiger partial charge in [-0.15, -0.1) is 0 Å². The number of benzene rings is 1. The van der Waals surface area contributed by atoms with Gasteiger partial charge in [-0.25, -0.2) is 0 Å². The number of fused-ring (bicyclic) bond motifs is 1. The second-order valence-corrected chi connectivity index (χ2v) is 7.30. The van der Waals surface area contributed by atoms with Gasteiger partial charge in [0.2, 0.25) is 6.79 Å². The Bertz CT molecular complexity index is 731. The molecule has 3 aliphatic heterocycles. The normalized spacial score (nSPS) is 25.5. The number of likely N-dealkylation sites (tertiary alicyclic amines) is 1. The van der Waals surface area contributed by atoms with Crippen LogP contribution < -0.4 is 9.47 Å². The minimum absolute atomic E-state index is 0.101. The van der Waals surface area contributed by atoms with E-state index in [1.54, 1.807) is 17.0 Å². The van der Waals surface area contributed by atoms with Crippen LogP contribution in [0.1, 0.15) is 29.6 Å². The molecule has 1 unspecified atom stereocenters. The minimum atomic E-state index is -0.791. The Morgan fingerprint density at radius 1 is 1.15 bits per heavy atom. The lowest BCUT2D eigenvalue weighted by molar-refractivity contribution is -0.145. The van der Waals surface area contributed by atoms with Crippen LogP contribution in [-0.2, 0) is 9.53 Å². The fourth-order valence-corrected chi connectivity index (χ4v) is 4.31. The summed E-state index contributed by atoms with van der Waals surface area (Å²) in [6.45, 7) is 1.74. The third-order valence-electron chi connectivity index (χ3n) is 5.42. The molecule has 2 fully saturated rings. The molecule has 3 heterocycles. The summed E-state index contributed by atoms with van der Waals surface area (Å²) in [4.78, 5) is 25.9. The van der Waals surface area contributed by atoms with Gasteiger partial charge >= 0.3 is 5.97 Å². The number of hydrogen-bond donors (Lipinski definition) is 1. The van der Waals surface area contributed by atoms with E-state index < -0.39 is 11.9 Å². The second-order valence-electron chi connectivity index (χ2n) is 6.89. The Morgan fingerprint density at radius 2 is 1.92 bits per heavy atom. The molecule has 0 saturated carbocycles. The van der Waals surface area contributed by atoms with Gasteiger partial charge in [-0.05, 0) is 37.3 Å². The minimum Gasteiger partial charge on any atom is -0.481 e. The maximum Gasteiger partial charge on any atom is 0.309 e. The first-order chi connectivity index (χ1) is 12.5. The largest absolute Gasteiger partial charge is 0.481 e. The Hall–Kier alpha value is -1.99. The molecule has 26 heavy (non-hydrogen) atoms. The van der Waals surface area contributed by atoms with Crippen LogP contribution in [0.25, 0.3) is 0 Å². The monoisotopic (exact) mass is 381 g/mol. The molecule has 2 atom stereocenters. The van der Waals surface area contributed by atoms with Gasteiger partial charge < -0.3 is 24.2 Å². The summed E-state index contributed by atoms with van der Waals surface area (Å²) in [5.74, 6) is -0.205. The zero-order valence-electron chi connectivity index (χ0n) is 14.2. The molecule has 0 bridgehead atoms. The highest BCUT2D eigenvalue weighted by Gasteiger charge is 2.41. The molecule has 8 heteroatoms. The maximum atomic E-state index is 12.8. The van der Waals surface area contributed by atoms with E-state index in [0.29, 0.717) is 48.2 Å². The van der Waals surface area contributed by atoms with Crippen molar-refractivity contribution in [2.24, 2.45) is 11.8 Å². The van der Waals surface area contributed by atoms with Crippen molar-refractivity contribution < 1.29 is 28.9 Å². The molecule has 1 amide bonds. The quantitative estimate of drug-likeness (QED) is 0.865. The molecule has 1 N–H and O–H groups in total. The van der Waals surface area contributed by atoms with Crippen LogP contribution in [0.2, 0.25) is 5.02 Å². The average Bonchev–Trinajstić information content (AvgIpc) is 3.30. The summed E-state index contributed by atoms with van der Waals surface area (Å²) in [6, 6.07) is 3.26. The van der Waals surface area contributed by atoms with E-state index in [0.717, 1.165) is 12.8 Å². The molecule has 0 aliphatic carbocycles. The van der Waals surface area contributed by atoms with E-state index in [9.17, 15) is 14.7 Å². The van der Waals surface area contributed by atoms with Gasteiger partial charge in [0.25, 0.3) is 5.91 Å². The smallest absolute Gasteiger partial charge is 0.309 e. The van der Waals surface area contributed by atoms with Crippen molar-refractivity contribution in [1.29, 1.82) is 0 Å². The van der Waals surface area contributed by atoms with Crippen LogP contribution in [0.15, 0.2) is 12.1 Å². The number of carbonyl (C=O) groups is 2. The number of rotatable bonds is 3. The first-order valence-corrected chi connectivity index (χ1v) is 9.15. The zero-order valence-corrected chi connectivity index (χ0v) is 14.9. The van der Waals surface area contributed by atoms with Gasteiger partial charge in [0.1, 0.15) is 0 Å². The van der Waals surface area contributed by atoms with E-state index >= 15 is 0 Å². The number of aliphatic carboxylic acids is 1. The van der Waals surface area contributed by atoms with Crippen LogP contribution in [0, 0.1) is 11.8 Å². The summed E-state index contributed by atoms with van der Waals surface area (Å²) < 4.78 is 16.3. The molecule has 3 aliphatic rings. The molecule has 0 radical (unpaired) electrons. The van der Waals surface area contributed by atoms with Crippen molar-refractivity contribution in [3.05, 3.63) is 22.7 Å². The zero-order chi connectivity index (χ0) is 18.3. The predicted octanol–water partition coefficient (Wildman–Crippen LogP) is 2.41. The third-order valence-corrected chi connectivity index (χ3v) is 5.70. The summed E-state index contributed by atoms with van der Waals surface area (Å²) in [6.07, 6.45) is 1.79. The van der Waals surface area contributed by atoms with Crippen LogP contribution in [0.5, 0.6) is 11.5 Å². The maximum absolute atomic E-state index is 12.8. The van der Waals surface area contributed by atoms with Crippen molar-refractivity contribution in [2.75, 3.05) is 26.5 Å². The van der Waals surface area contributed by atoms with Crippen LogP contribution >= 0.6 is 11.6 Å². The van der Waals surface area contributed by atoms with Gasteiger partial charge in [-0.2, -0.15) is 0 Å². The fourth-order valence-electron chi connectivity index (χ4n) is 4.04. The molecule has 0 aromatic heterocycles. The van der Waals surface area contributed by atoms with Crippen molar-refractivity contribution in [2.45, 2.75) is 25.4 Å². The summed E-state index contributed by atoms with van der Waals surface area (Å²) in [7, 11) is 0.